The van der Waals surface area contributed by atoms with E-state index in [1.165, 1.54) is 0 Å². The van der Waals surface area contributed by atoms with Gasteiger partial charge in [-0.3, -0.25) is 9.78 Å². The van der Waals surface area contributed by atoms with Crippen LogP contribution in [0.2, 0.25) is 0 Å². The number of hydrogen-bond donors (Lipinski definition) is 2. The Morgan fingerprint density at radius 1 is 1.29 bits per heavy atom. The molecule has 0 atom stereocenters. The van der Waals surface area contributed by atoms with Gasteiger partial charge in [-0.25, -0.2) is 0 Å². The fraction of sp³-hybridized carbons (Fsp3) is 0.250. The Morgan fingerprint density at radius 3 is 2.71 bits per heavy atom. The number of carbonyl (C=O) groups excluding carboxylic acids is 1. The van der Waals surface area contributed by atoms with E-state index in [0.717, 1.165) is 17.1 Å². The molecule has 21 heavy (non-hydrogen) atoms. The van der Waals surface area contributed by atoms with E-state index in [4.69, 9.17) is 5.73 Å². The number of nitrogens with zero attached hydrogens (tertiary/aromatic N) is 2. The maximum Gasteiger partial charge on any atom is 0.255 e. The second kappa shape index (κ2) is 6.26. The number of anilines is 2. The lowest BCUT2D eigenvalue weighted by molar-refractivity contribution is 0.0828. The molecule has 110 valence electrons. The Kier molecular flexibility index (Phi) is 4.42. The van der Waals surface area contributed by atoms with E-state index in [0.29, 0.717) is 17.8 Å². The van der Waals surface area contributed by atoms with Gasteiger partial charge in [-0.05, 0) is 37.3 Å². The van der Waals surface area contributed by atoms with E-state index in [1.54, 1.807) is 37.2 Å². The molecule has 5 nitrogen and oxygen atoms in total. The number of aryl methyl sites for hydroxylation is 1. The summed E-state index contributed by atoms with van der Waals surface area (Å²) in [6.07, 6.45) is 0. The van der Waals surface area contributed by atoms with Gasteiger partial charge < -0.3 is 16.0 Å². The van der Waals surface area contributed by atoms with Gasteiger partial charge in [0, 0.05) is 31.2 Å². The number of nitrogens with one attached hydrogen (secondary N) is 1. The second-order valence-electron chi connectivity index (χ2n) is 5.13. The first-order chi connectivity index (χ1) is 9.97. The summed E-state index contributed by atoms with van der Waals surface area (Å²) < 4.78 is 0. The molecule has 0 spiro atoms. The van der Waals surface area contributed by atoms with Gasteiger partial charge in [0.15, 0.2) is 0 Å². The number of pyridine rings is 1. The van der Waals surface area contributed by atoms with Crippen molar-refractivity contribution in [1.82, 2.24) is 9.88 Å². The molecule has 0 aliphatic heterocycles. The minimum atomic E-state index is -0.0605. The molecule has 0 saturated heterocycles. The molecule has 0 radical (unpaired) electrons. The van der Waals surface area contributed by atoms with Crippen LogP contribution in [0.1, 0.15) is 21.7 Å². The number of benzene rings is 1. The molecule has 5 heteroatoms. The van der Waals surface area contributed by atoms with Crippen molar-refractivity contribution in [2.75, 3.05) is 25.1 Å². The van der Waals surface area contributed by atoms with Crippen molar-refractivity contribution in [1.29, 1.82) is 0 Å². The number of nitrogens with two attached hydrogens (primary N) is 1. The molecule has 0 fully saturated rings. The lowest BCUT2D eigenvalue weighted by Gasteiger charge is -2.16. The quantitative estimate of drug-likeness (QED) is 0.845. The Bertz CT molecular complexity index is 652. The monoisotopic (exact) mass is 284 g/mol. The van der Waals surface area contributed by atoms with Gasteiger partial charge in [0.25, 0.3) is 5.91 Å². The Balaban J connectivity index is 2.22. The highest BCUT2D eigenvalue weighted by Crippen LogP contribution is 2.21. The zero-order chi connectivity index (χ0) is 15.4. The van der Waals surface area contributed by atoms with Crippen LogP contribution in [0.4, 0.5) is 11.4 Å². The molecule has 2 aromatic rings. The highest BCUT2D eigenvalue weighted by Gasteiger charge is 2.13. The van der Waals surface area contributed by atoms with Gasteiger partial charge in [0.1, 0.15) is 0 Å². The Morgan fingerprint density at radius 2 is 2.05 bits per heavy atom. The summed E-state index contributed by atoms with van der Waals surface area (Å²) >= 11 is 0. The molecule has 1 amide bonds. The van der Waals surface area contributed by atoms with Gasteiger partial charge in [-0.15, -0.1) is 0 Å². The number of nitrogen functional groups attached to an aromatic ring is 1. The van der Waals surface area contributed by atoms with Crippen molar-refractivity contribution in [3.05, 3.63) is 53.3 Å². The van der Waals surface area contributed by atoms with Crippen LogP contribution in [-0.2, 0) is 6.54 Å². The third-order valence-electron chi connectivity index (χ3n) is 3.09. The summed E-state index contributed by atoms with van der Waals surface area (Å²) in [5.74, 6) is -0.0605. The number of amides is 1. The van der Waals surface area contributed by atoms with E-state index in [1.807, 2.05) is 25.1 Å². The van der Waals surface area contributed by atoms with Crippen LogP contribution in [0.15, 0.2) is 36.4 Å². The molecule has 0 aliphatic carbocycles. The number of rotatable bonds is 4. The number of hydrogen-bond acceptors (Lipinski definition) is 4. The van der Waals surface area contributed by atoms with Crippen molar-refractivity contribution < 1.29 is 4.79 Å². The average molecular weight is 284 g/mol. The summed E-state index contributed by atoms with van der Waals surface area (Å²) in [7, 11) is 3.45. The summed E-state index contributed by atoms with van der Waals surface area (Å²) in [5.41, 5.74) is 9.63. The summed E-state index contributed by atoms with van der Waals surface area (Å²) in [5, 5.41) is 3.24. The number of carbonyl (C=O) groups is 1. The van der Waals surface area contributed by atoms with Gasteiger partial charge in [0.05, 0.1) is 17.8 Å². The SMILES string of the molecule is Cc1cccc(CNc2cc(N)ccc2C(=O)N(C)C)n1. The molecule has 0 aliphatic rings. The summed E-state index contributed by atoms with van der Waals surface area (Å²) in [6, 6.07) is 11.1. The topological polar surface area (TPSA) is 71.2 Å². The predicted octanol–water partition coefficient (Wildman–Crippen LogP) is 2.29. The van der Waals surface area contributed by atoms with Gasteiger partial charge in [-0.1, -0.05) is 6.07 Å². The fourth-order valence-electron chi connectivity index (χ4n) is 2.02. The molecule has 0 unspecified atom stereocenters. The van der Waals surface area contributed by atoms with Crippen LogP contribution in [-0.4, -0.2) is 29.9 Å². The third kappa shape index (κ3) is 3.72. The molecule has 3 N–H and O–H groups in total. The van der Waals surface area contributed by atoms with E-state index in [-0.39, 0.29) is 5.91 Å². The Hall–Kier alpha value is -2.56. The van der Waals surface area contributed by atoms with Crippen molar-refractivity contribution >= 4 is 17.3 Å². The normalized spacial score (nSPS) is 10.2. The minimum Gasteiger partial charge on any atom is -0.399 e. The van der Waals surface area contributed by atoms with Crippen LogP contribution in [0.5, 0.6) is 0 Å². The standard InChI is InChI=1S/C16H20N4O/c1-11-5-4-6-13(19-11)10-18-15-9-12(17)7-8-14(15)16(21)20(2)3/h4-9,18H,10,17H2,1-3H3. The zero-order valence-electron chi connectivity index (χ0n) is 12.6. The Labute approximate surface area is 124 Å². The zero-order valence-corrected chi connectivity index (χ0v) is 12.6. The fourth-order valence-corrected chi connectivity index (χ4v) is 2.02. The molecular formula is C16H20N4O. The predicted molar refractivity (Wildman–Crippen MR) is 85.2 cm³/mol. The van der Waals surface area contributed by atoms with Gasteiger partial charge in [-0.2, -0.15) is 0 Å². The molecule has 1 aromatic carbocycles. The highest BCUT2D eigenvalue weighted by atomic mass is 16.2. The minimum absolute atomic E-state index is 0.0605. The molecular weight excluding hydrogens is 264 g/mol. The lowest BCUT2D eigenvalue weighted by atomic mass is 10.1. The van der Waals surface area contributed by atoms with E-state index >= 15 is 0 Å². The molecule has 0 bridgehead atoms. The largest absolute Gasteiger partial charge is 0.399 e. The van der Waals surface area contributed by atoms with Crippen molar-refractivity contribution in [3.63, 3.8) is 0 Å². The number of aromatic nitrogens is 1. The van der Waals surface area contributed by atoms with Gasteiger partial charge >= 0.3 is 0 Å². The van der Waals surface area contributed by atoms with Crippen molar-refractivity contribution in [3.8, 4) is 0 Å². The van der Waals surface area contributed by atoms with Crippen LogP contribution in [0.3, 0.4) is 0 Å². The second-order valence-corrected chi connectivity index (χ2v) is 5.13. The highest BCUT2D eigenvalue weighted by molar-refractivity contribution is 5.99. The molecule has 1 aromatic heterocycles. The van der Waals surface area contributed by atoms with Crippen LogP contribution < -0.4 is 11.1 Å². The molecule has 2 rings (SSSR count). The lowest BCUT2D eigenvalue weighted by Crippen LogP contribution is -2.23. The van der Waals surface area contributed by atoms with Crippen LogP contribution in [0, 0.1) is 6.92 Å². The first-order valence-electron chi connectivity index (χ1n) is 6.75. The van der Waals surface area contributed by atoms with Crippen LogP contribution >= 0.6 is 0 Å². The maximum atomic E-state index is 12.2. The van der Waals surface area contributed by atoms with Crippen molar-refractivity contribution in [2.45, 2.75) is 13.5 Å². The first kappa shape index (κ1) is 14.8. The maximum absolute atomic E-state index is 12.2. The van der Waals surface area contributed by atoms with Gasteiger partial charge in [0.2, 0.25) is 0 Å². The molecule has 1 heterocycles. The average Bonchev–Trinajstić information content (AvgIpc) is 2.44. The van der Waals surface area contributed by atoms with E-state index in [2.05, 4.69) is 10.3 Å². The molecule has 0 saturated carbocycles. The van der Waals surface area contributed by atoms with Crippen LogP contribution in [0.25, 0.3) is 0 Å². The van der Waals surface area contributed by atoms with E-state index in [9.17, 15) is 4.79 Å². The summed E-state index contributed by atoms with van der Waals surface area (Å²) in [6.45, 7) is 2.49. The third-order valence-corrected chi connectivity index (χ3v) is 3.09. The smallest absolute Gasteiger partial charge is 0.255 e. The first-order valence-corrected chi connectivity index (χ1v) is 6.75. The van der Waals surface area contributed by atoms with E-state index < -0.39 is 0 Å². The summed E-state index contributed by atoms with van der Waals surface area (Å²) in [4.78, 5) is 18.1. The van der Waals surface area contributed by atoms with Crippen molar-refractivity contribution in [2.24, 2.45) is 0 Å².